The molecule has 0 saturated carbocycles. The third-order valence-electron chi connectivity index (χ3n) is 5.35. The van der Waals surface area contributed by atoms with Crippen molar-refractivity contribution in [2.75, 3.05) is 52.6 Å². The maximum atomic E-state index is 12.5. The maximum absolute atomic E-state index is 12.5. The van der Waals surface area contributed by atoms with Gasteiger partial charge in [-0.2, -0.15) is 0 Å². The van der Waals surface area contributed by atoms with Gasteiger partial charge in [0.1, 0.15) is 13.2 Å². The molecule has 0 aliphatic rings. The van der Waals surface area contributed by atoms with Crippen LogP contribution in [0.1, 0.15) is 61.3 Å². The van der Waals surface area contributed by atoms with E-state index >= 15 is 0 Å². The largest absolute Gasteiger partial charge is 0.460 e. The second-order valence-electron chi connectivity index (χ2n) is 9.90. The van der Waals surface area contributed by atoms with Crippen molar-refractivity contribution in [3.63, 3.8) is 0 Å². The molecule has 1 unspecified atom stereocenters. The molecule has 212 valence electrons. The number of carbonyl (C=O) groups is 4. The first-order valence-corrected chi connectivity index (χ1v) is 12.7. The molecule has 0 aliphatic heterocycles. The highest BCUT2D eigenvalue weighted by Crippen LogP contribution is 2.28. The van der Waals surface area contributed by atoms with Gasteiger partial charge >= 0.3 is 24.1 Å². The first-order chi connectivity index (χ1) is 17.2. The van der Waals surface area contributed by atoms with E-state index in [2.05, 4.69) is 33.9 Å². The summed E-state index contributed by atoms with van der Waals surface area (Å²) in [5.74, 6) is -0.799. The van der Waals surface area contributed by atoms with Crippen LogP contribution in [0, 0.1) is 11.3 Å². The number of carbonyl (C=O) groups excluding carboxylic acids is 4. The Hall–Kier alpha value is -3.04. The predicted octanol–water partition coefficient (Wildman–Crippen LogP) is 4.58. The minimum atomic E-state index is -0.503. The molecule has 0 aromatic rings. The molecule has 0 rings (SSSR count). The zero-order valence-electron chi connectivity index (χ0n) is 23.7. The quantitative estimate of drug-likeness (QED) is 0.154. The average molecular weight is 527 g/mol. The van der Waals surface area contributed by atoms with Crippen LogP contribution in [0.2, 0.25) is 0 Å². The molecule has 0 heterocycles. The van der Waals surface area contributed by atoms with Gasteiger partial charge in [-0.3, -0.25) is 0 Å². The molecule has 0 aliphatic carbocycles. The zero-order chi connectivity index (χ0) is 28.6. The number of hydrogen-bond donors (Lipinski definition) is 0. The lowest BCUT2D eigenvalue weighted by Gasteiger charge is -2.34. The van der Waals surface area contributed by atoms with Crippen molar-refractivity contribution in [2.45, 2.75) is 61.3 Å². The summed E-state index contributed by atoms with van der Waals surface area (Å²) in [4.78, 5) is 51.2. The Balaban J connectivity index is 5.03. The standard InChI is InChI=1S/C27H46N2O8/c1-10-34-25(32)28(14-16-36-23(30)20(3)4)13-12-22(7)18-27(8,9)19-29(26(33)35-11-2)15-17-37-24(31)21(5)6/h22H,3,5,10-19H2,1-2,4,6-9H3. The van der Waals surface area contributed by atoms with Gasteiger partial charge in [-0.1, -0.05) is 33.9 Å². The van der Waals surface area contributed by atoms with Crippen molar-refractivity contribution in [2.24, 2.45) is 11.3 Å². The van der Waals surface area contributed by atoms with Crippen LogP contribution in [-0.4, -0.2) is 86.5 Å². The first-order valence-electron chi connectivity index (χ1n) is 12.7. The first kappa shape index (κ1) is 34.0. The van der Waals surface area contributed by atoms with Gasteiger partial charge in [0.2, 0.25) is 0 Å². The van der Waals surface area contributed by atoms with E-state index in [1.165, 1.54) is 4.90 Å². The molecule has 0 bridgehead atoms. The topological polar surface area (TPSA) is 112 Å². The molecule has 10 nitrogen and oxygen atoms in total. The summed E-state index contributed by atoms with van der Waals surface area (Å²) >= 11 is 0. The van der Waals surface area contributed by atoms with Crippen LogP contribution in [0.25, 0.3) is 0 Å². The molecule has 0 radical (unpaired) electrons. The molecule has 0 fully saturated rings. The van der Waals surface area contributed by atoms with Crippen molar-refractivity contribution in [1.82, 2.24) is 9.80 Å². The van der Waals surface area contributed by atoms with Crippen molar-refractivity contribution in [3.8, 4) is 0 Å². The monoisotopic (exact) mass is 526 g/mol. The van der Waals surface area contributed by atoms with Gasteiger partial charge in [0.25, 0.3) is 0 Å². The van der Waals surface area contributed by atoms with Crippen LogP contribution in [0.4, 0.5) is 9.59 Å². The van der Waals surface area contributed by atoms with E-state index in [1.54, 1.807) is 32.6 Å². The van der Waals surface area contributed by atoms with Crippen LogP contribution in [0.3, 0.4) is 0 Å². The predicted molar refractivity (Wildman–Crippen MR) is 141 cm³/mol. The molecule has 0 spiro atoms. The molecule has 0 saturated heterocycles. The lowest BCUT2D eigenvalue weighted by atomic mass is 9.81. The highest BCUT2D eigenvalue weighted by molar-refractivity contribution is 5.87. The van der Waals surface area contributed by atoms with Crippen molar-refractivity contribution >= 4 is 24.1 Å². The highest BCUT2D eigenvalue weighted by atomic mass is 16.6. The summed E-state index contributed by atoms with van der Waals surface area (Å²) in [5.41, 5.74) is 0.308. The van der Waals surface area contributed by atoms with Gasteiger partial charge in [0.05, 0.1) is 26.3 Å². The molecule has 37 heavy (non-hydrogen) atoms. The highest BCUT2D eigenvalue weighted by Gasteiger charge is 2.28. The van der Waals surface area contributed by atoms with E-state index in [0.717, 1.165) is 6.42 Å². The third-order valence-corrected chi connectivity index (χ3v) is 5.35. The van der Waals surface area contributed by atoms with E-state index in [1.807, 2.05) is 0 Å². The summed E-state index contributed by atoms with van der Waals surface area (Å²) in [5, 5.41) is 0. The van der Waals surface area contributed by atoms with Gasteiger partial charge in [-0.25, -0.2) is 19.2 Å². The van der Waals surface area contributed by atoms with Crippen molar-refractivity contribution in [3.05, 3.63) is 24.3 Å². The fourth-order valence-electron chi connectivity index (χ4n) is 3.71. The number of esters is 2. The average Bonchev–Trinajstić information content (AvgIpc) is 2.79. The number of hydrogen-bond acceptors (Lipinski definition) is 8. The molecule has 0 aromatic heterocycles. The Morgan fingerprint density at radius 2 is 1.19 bits per heavy atom. The molecule has 2 amide bonds. The van der Waals surface area contributed by atoms with Crippen molar-refractivity contribution in [1.29, 1.82) is 0 Å². The van der Waals surface area contributed by atoms with Crippen LogP contribution in [-0.2, 0) is 28.5 Å². The second kappa shape index (κ2) is 17.4. The molecule has 0 N–H and O–H groups in total. The molecule has 10 heteroatoms. The molecule has 0 aromatic carbocycles. The fraction of sp³-hybridized carbons (Fsp3) is 0.704. The Bertz CT molecular complexity index is 793. The molecular formula is C27H46N2O8. The summed E-state index contributed by atoms with van der Waals surface area (Å²) in [6.07, 6.45) is 0.521. The van der Waals surface area contributed by atoms with E-state index in [9.17, 15) is 19.2 Å². The van der Waals surface area contributed by atoms with Gasteiger partial charge < -0.3 is 28.7 Å². The van der Waals surface area contributed by atoms with Crippen LogP contribution < -0.4 is 0 Å². The Kier molecular flexibility index (Phi) is 16.0. The molecular weight excluding hydrogens is 480 g/mol. The maximum Gasteiger partial charge on any atom is 0.409 e. The smallest absolute Gasteiger partial charge is 0.409 e. The van der Waals surface area contributed by atoms with Gasteiger partial charge in [0.15, 0.2) is 0 Å². The SMILES string of the molecule is C=C(C)C(=O)OCCN(CCC(C)CC(C)(C)CN(CCOC(=O)C(=C)C)C(=O)OCC)C(=O)OCC. The number of ether oxygens (including phenoxy) is 4. The van der Waals surface area contributed by atoms with Gasteiger partial charge in [-0.05, 0) is 51.9 Å². The number of rotatable bonds is 17. The lowest BCUT2D eigenvalue weighted by Crippen LogP contribution is -2.42. The fourth-order valence-corrected chi connectivity index (χ4v) is 3.71. The second-order valence-corrected chi connectivity index (χ2v) is 9.90. The molecule has 1 atom stereocenters. The summed E-state index contributed by atoms with van der Waals surface area (Å²) < 4.78 is 20.6. The summed E-state index contributed by atoms with van der Waals surface area (Å²) in [6, 6.07) is 0. The van der Waals surface area contributed by atoms with E-state index in [4.69, 9.17) is 18.9 Å². The van der Waals surface area contributed by atoms with Crippen LogP contribution in [0.15, 0.2) is 24.3 Å². The van der Waals surface area contributed by atoms with Crippen LogP contribution in [0.5, 0.6) is 0 Å². The van der Waals surface area contributed by atoms with Crippen LogP contribution >= 0.6 is 0 Å². The minimum absolute atomic E-state index is 0.0423. The summed E-state index contributed by atoms with van der Waals surface area (Å²) in [6.45, 7) is 21.7. The number of nitrogens with zero attached hydrogens (tertiary/aromatic N) is 2. The Labute approximate surface area is 221 Å². The van der Waals surface area contributed by atoms with E-state index in [0.29, 0.717) is 30.7 Å². The normalized spacial score (nSPS) is 11.6. The van der Waals surface area contributed by atoms with Crippen molar-refractivity contribution < 1.29 is 38.1 Å². The third kappa shape index (κ3) is 15.0. The van der Waals surface area contributed by atoms with E-state index in [-0.39, 0.29) is 50.8 Å². The Morgan fingerprint density at radius 1 is 0.757 bits per heavy atom. The lowest BCUT2D eigenvalue weighted by molar-refractivity contribution is -0.140. The Morgan fingerprint density at radius 3 is 1.62 bits per heavy atom. The summed E-state index contributed by atoms with van der Waals surface area (Å²) in [7, 11) is 0. The van der Waals surface area contributed by atoms with E-state index < -0.39 is 24.1 Å². The van der Waals surface area contributed by atoms with Gasteiger partial charge in [0, 0.05) is 24.2 Å². The number of amides is 2. The minimum Gasteiger partial charge on any atom is -0.460 e. The van der Waals surface area contributed by atoms with Gasteiger partial charge in [-0.15, -0.1) is 0 Å². The zero-order valence-corrected chi connectivity index (χ0v) is 23.7.